The van der Waals surface area contributed by atoms with Gasteiger partial charge in [0, 0.05) is 0 Å². The Hall–Kier alpha value is -1.80. The summed E-state index contributed by atoms with van der Waals surface area (Å²) >= 11 is 0. The van der Waals surface area contributed by atoms with E-state index in [4.69, 9.17) is 9.47 Å². The largest absolute Gasteiger partial charge is 0.488 e. The van der Waals surface area contributed by atoms with Gasteiger partial charge in [-0.05, 0) is 30.0 Å². The molecule has 0 radical (unpaired) electrons. The first kappa shape index (κ1) is 12.2. The number of fused-ring (bicyclic) bond motifs is 1. The molecule has 0 bridgehead atoms. The van der Waals surface area contributed by atoms with Crippen molar-refractivity contribution in [3.63, 3.8) is 0 Å². The second-order valence-electron chi connectivity index (χ2n) is 4.89. The summed E-state index contributed by atoms with van der Waals surface area (Å²) in [4.78, 5) is 0. The number of para-hydroxylation sites is 1. The maximum absolute atomic E-state index is 5.94. The Labute approximate surface area is 114 Å². The van der Waals surface area contributed by atoms with Crippen molar-refractivity contribution >= 4 is 0 Å². The van der Waals surface area contributed by atoms with Gasteiger partial charge in [-0.15, -0.1) is 0 Å². The molecule has 0 amide bonds. The summed E-state index contributed by atoms with van der Waals surface area (Å²) in [6.45, 7) is 1.31. The highest BCUT2D eigenvalue weighted by Gasteiger charge is 2.19. The number of benzene rings is 2. The van der Waals surface area contributed by atoms with Gasteiger partial charge in [-0.2, -0.15) is 0 Å². The van der Waals surface area contributed by atoms with Gasteiger partial charge in [0.25, 0.3) is 0 Å². The van der Waals surface area contributed by atoms with E-state index in [0.29, 0.717) is 13.2 Å². The lowest BCUT2D eigenvalue weighted by atomic mass is 10.0. The first-order chi connectivity index (χ1) is 9.42. The molecule has 0 aromatic heterocycles. The van der Waals surface area contributed by atoms with E-state index in [1.807, 2.05) is 30.3 Å². The van der Waals surface area contributed by atoms with Gasteiger partial charge < -0.3 is 9.47 Å². The van der Waals surface area contributed by atoms with Crippen LogP contribution in [0.3, 0.4) is 0 Å². The zero-order chi connectivity index (χ0) is 12.9. The van der Waals surface area contributed by atoms with Crippen LogP contribution >= 0.6 is 0 Å². The highest BCUT2D eigenvalue weighted by molar-refractivity contribution is 5.35. The topological polar surface area (TPSA) is 18.5 Å². The van der Waals surface area contributed by atoms with Crippen LogP contribution in [0.5, 0.6) is 5.75 Å². The Bertz CT molecular complexity index is 522. The van der Waals surface area contributed by atoms with Crippen molar-refractivity contribution < 1.29 is 9.47 Å². The van der Waals surface area contributed by atoms with Gasteiger partial charge in [0.2, 0.25) is 0 Å². The van der Waals surface area contributed by atoms with E-state index in [9.17, 15) is 0 Å². The number of aryl methyl sites for hydroxylation is 1. The van der Waals surface area contributed by atoms with E-state index in [-0.39, 0.29) is 6.10 Å². The van der Waals surface area contributed by atoms with Gasteiger partial charge in [0.05, 0.1) is 13.2 Å². The molecule has 1 aliphatic heterocycles. The predicted octanol–water partition coefficient (Wildman–Crippen LogP) is 3.60. The third kappa shape index (κ3) is 3.15. The lowest BCUT2D eigenvalue weighted by Gasteiger charge is -2.25. The summed E-state index contributed by atoms with van der Waals surface area (Å²) in [6, 6.07) is 18.5. The van der Waals surface area contributed by atoms with Crippen molar-refractivity contribution in [1.82, 2.24) is 0 Å². The number of rotatable bonds is 4. The second-order valence-corrected chi connectivity index (χ2v) is 4.89. The molecule has 2 heteroatoms. The van der Waals surface area contributed by atoms with Crippen molar-refractivity contribution in [1.29, 1.82) is 0 Å². The van der Waals surface area contributed by atoms with Crippen LogP contribution in [-0.4, -0.2) is 12.7 Å². The van der Waals surface area contributed by atoms with Gasteiger partial charge in [0.15, 0.2) is 0 Å². The van der Waals surface area contributed by atoms with Crippen LogP contribution in [0.2, 0.25) is 0 Å². The summed E-state index contributed by atoms with van der Waals surface area (Å²) in [6.07, 6.45) is 2.29. The lowest BCUT2D eigenvalue weighted by Crippen LogP contribution is -2.27. The minimum absolute atomic E-state index is 0.179. The molecule has 0 fully saturated rings. The highest BCUT2D eigenvalue weighted by atomic mass is 16.5. The van der Waals surface area contributed by atoms with Gasteiger partial charge in [-0.1, -0.05) is 48.5 Å². The maximum Gasteiger partial charge on any atom is 0.123 e. The molecule has 1 unspecified atom stereocenters. The molecule has 1 aliphatic rings. The van der Waals surface area contributed by atoms with Crippen LogP contribution in [0, 0.1) is 0 Å². The SMILES string of the molecule is c1ccc(COCC2CCc3ccccc3O2)cc1. The zero-order valence-corrected chi connectivity index (χ0v) is 10.9. The Morgan fingerprint density at radius 1 is 1.00 bits per heavy atom. The second kappa shape index (κ2) is 5.89. The fourth-order valence-corrected chi connectivity index (χ4v) is 2.38. The Kier molecular flexibility index (Phi) is 3.80. The first-order valence-electron chi connectivity index (χ1n) is 6.78. The van der Waals surface area contributed by atoms with Crippen molar-refractivity contribution in [2.24, 2.45) is 0 Å². The fourth-order valence-electron chi connectivity index (χ4n) is 2.38. The molecule has 0 N–H and O–H groups in total. The van der Waals surface area contributed by atoms with Crippen LogP contribution < -0.4 is 4.74 Å². The van der Waals surface area contributed by atoms with Gasteiger partial charge in [-0.3, -0.25) is 0 Å². The molecule has 3 rings (SSSR count). The number of hydrogen-bond acceptors (Lipinski definition) is 2. The van der Waals surface area contributed by atoms with Gasteiger partial charge in [0.1, 0.15) is 11.9 Å². The average Bonchev–Trinajstić information content (AvgIpc) is 2.48. The van der Waals surface area contributed by atoms with Crippen LogP contribution in [0.4, 0.5) is 0 Å². The van der Waals surface area contributed by atoms with E-state index in [0.717, 1.165) is 18.6 Å². The molecule has 0 spiro atoms. The molecule has 2 aromatic carbocycles. The van der Waals surface area contributed by atoms with Crippen molar-refractivity contribution in [3.05, 3.63) is 65.7 Å². The summed E-state index contributed by atoms with van der Waals surface area (Å²) in [5.74, 6) is 1.02. The average molecular weight is 254 g/mol. The monoisotopic (exact) mass is 254 g/mol. The minimum atomic E-state index is 0.179. The smallest absolute Gasteiger partial charge is 0.123 e. The normalized spacial score (nSPS) is 17.6. The maximum atomic E-state index is 5.94. The van der Waals surface area contributed by atoms with Crippen LogP contribution in [0.1, 0.15) is 17.5 Å². The predicted molar refractivity (Wildman–Crippen MR) is 75.3 cm³/mol. The van der Waals surface area contributed by atoms with E-state index in [1.54, 1.807) is 0 Å². The van der Waals surface area contributed by atoms with Crippen LogP contribution in [0.15, 0.2) is 54.6 Å². The summed E-state index contributed by atoms with van der Waals surface area (Å²) in [5, 5.41) is 0. The van der Waals surface area contributed by atoms with E-state index in [2.05, 4.69) is 24.3 Å². The molecule has 0 saturated heterocycles. The summed E-state index contributed by atoms with van der Waals surface area (Å²) in [7, 11) is 0. The Morgan fingerprint density at radius 3 is 2.68 bits per heavy atom. The lowest BCUT2D eigenvalue weighted by molar-refractivity contribution is 0.0317. The third-order valence-corrected chi connectivity index (χ3v) is 3.42. The number of hydrogen-bond donors (Lipinski definition) is 0. The summed E-state index contributed by atoms with van der Waals surface area (Å²) in [5.41, 5.74) is 2.51. The minimum Gasteiger partial charge on any atom is -0.488 e. The molecule has 2 nitrogen and oxygen atoms in total. The molecule has 2 aromatic rings. The number of ether oxygens (including phenoxy) is 2. The highest BCUT2D eigenvalue weighted by Crippen LogP contribution is 2.27. The molecule has 19 heavy (non-hydrogen) atoms. The van der Waals surface area contributed by atoms with Crippen molar-refractivity contribution in [2.45, 2.75) is 25.6 Å². The molecule has 0 aliphatic carbocycles. The molecule has 1 atom stereocenters. The molecular weight excluding hydrogens is 236 g/mol. The van der Waals surface area contributed by atoms with Crippen molar-refractivity contribution in [3.8, 4) is 5.75 Å². The summed E-state index contributed by atoms with van der Waals surface area (Å²) < 4.78 is 11.7. The Balaban J connectivity index is 1.50. The van der Waals surface area contributed by atoms with Crippen molar-refractivity contribution in [2.75, 3.05) is 6.61 Å². The van der Waals surface area contributed by atoms with E-state index in [1.165, 1.54) is 11.1 Å². The zero-order valence-electron chi connectivity index (χ0n) is 10.9. The molecule has 0 saturated carbocycles. The standard InChI is InChI=1S/C17H18O2/c1-2-6-14(7-3-1)12-18-13-16-11-10-15-8-4-5-9-17(15)19-16/h1-9,16H,10-13H2. The first-order valence-corrected chi connectivity index (χ1v) is 6.78. The van der Waals surface area contributed by atoms with Crippen LogP contribution in [0.25, 0.3) is 0 Å². The molecular formula is C17H18O2. The van der Waals surface area contributed by atoms with Gasteiger partial charge in [-0.25, -0.2) is 0 Å². The van der Waals surface area contributed by atoms with E-state index < -0.39 is 0 Å². The molecule has 1 heterocycles. The third-order valence-electron chi connectivity index (χ3n) is 3.42. The molecule has 98 valence electrons. The van der Waals surface area contributed by atoms with Gasteiger partial charge >= 0.3 is 0 Å². The quantitative estimate of drug-likeness (QED) is 0.830. The fraction of sp³-hybridized carbons (Fsp3) is 0.294. The van der Waals surface area contributed by atoms with E-state index >= 15 is 0 Å². The van der Waals surface area contributed by atoms with Crippen LogP contribution in [-0.2, 0) is 17.8 Å². The Morgan fingerprint density at radius 2 is 1.79 bits per heavy atom.